The number of nitrogens with one attached hydrogen (secondary N) is 1. The number of fused-ring (bicyclic) bond motifs is 1. The molecule has 0 aliphatic heterocycles. The number of aliphatic carboxylic acids is 1. The Kier molecular flexibility index (Phi) is 10.6. The van der Waals surface area contributed by atoms with Gasteiger partial charge in [-0.1, -0.05) is 71.7 Å². The predicted molar refractivity (Wildman–Crippen MR) is 166 cm³/mol. The fourth-order valence-corrected chi connectivity index (χ4v) is 7.05. The molecule has 3 aromatic rings. The summed E-state index contributed by atoms with van der Waals surface area (Å²) in [6.45, 7) is 5.37. The highest BCUT2D eigenvalue weighted by molar-refractivity contribution is 7.97. The minimum atomic E-state index is -0.818. The van der Waals surface area contributed by atoms with Crippen molar-refractivity contribution in [1.29, 1.82) is 0 Å². The quantitative estimate of drug-likeness (QED) is 0.181. The van der Waals surface area contributed by atoms with Crippen LogP contribution < -0.4 is 5.32 Å². The molecular formula is C32H38Cl2N2O3S. The van der Waals surface area contributed by atoms with Gasteiger partial charge in [-0.15, -0.1) is 0 Å². The molecular weight excluding hydrogens is 563 g/mol. The Hall–Kier alpha value is -2.06. The molecule has 0 heterocycles. The van der Waals surface area contributed by atoms with Crippen LogP contribution in [0.3, 0.4) is 0 Å². The molecule has 1 aliphatic carbocycles. The van der Waals surface area contributed by atoms with E-state index in [0.29, 0.717) is 35.5 Å². The fourth-order valence-electron chi connectivity index (χ4n) is 5.51. The standard InChI is InChI=1S/C32H38Cl2N2O3S/c1-32(2,18-22-14-23-8-4-5-9-24(23)15-22)35-19-27(37)20-36(3)40-31-28(33)16-26(17-29(31)34)25-10-6-7-21(13-25)11-12-30(38)39/h4-10,13,16-17,22,27,35,37H,11-12,14-15,18-20H2,1-3H3,(H,38,39)/t27-/m1/s1. The average Bonchev–Trinajstić information content (AvgIpc) is 3.30. The van der Waals surface area contributed by atoms with Crippen molar-refractivity contribution in [2.45, 2.75) is 62.5 Å². The van der Waals surface area contributed by atoms with Gasteiger partial charge in [0.1, 0.15) is 0 Å². The van der Waals surface area contributed by atoms with Gasteiger partial charge in [0.15, 0.2) is 0 Å². The molecule has 0 unspecified atom stereocenters. The Balaban J connectivity index is 1.29. The fraction of sp³-hybridized carbons (Fsp3) is 0.406. The average molecular weight is 602 g/mol. The van der Waals surface area contributed by atoms with E-state index in [1.54, 1.807) is 0 Å². The number of aliphatic hydroxyl groups excluding tert-OH is 1. The van der Waals surface area contributed by atoms with E-state index in [1.165, 1.54) is 23.1 Å². The Labute approximate surface area is 252 Å². The van der Waals surface area contributed by atoms with Crippen LogP contribution in [0.1, 0.15) is 43.4 Å². The highest BCUT2D eigenvalue weighted by atomic mass is 35.5. The number of hydrogen-bond acceptors (Lipinski definition) is 5. The predicted octanol–water partition coefficient (Wildman–Crippen LogP) is 7.15. The SMILES string of the molecule is CN(C[C@H](O)CNC(C)(C)CC1Cc2ccccc2C1)Sc1c(Cl)cc(-c2cccc(CCC(=O)O)c2)cc1Cl. The number of halogens is 2. The van der Waals surface area contributed by atoms with Crippen molar-refractivity contribution in [3.8, 4) is 11.1 Å². The maximum absolute atomic E-state index is 10.9. The lowest BCUT2D eigenvalue weighted by atomic mass is 9.88. The summed E-state index contributed by atoms with van der Waals surface area (Å²) in [5.74, 6) is -0.197. The number of nitrogens with zero attached hydrogens (tertiary/aromatic N) is 1. The van der Waals surface area contributed by atoms with E-state index in [4.69, 9.17) is 28.3 Å². The summed E-state index contributed by atoms with van der Waals surface area (Å²) < 4.78 is 1.95. The van der Waals surface area contributed by atoms with Crippen molar-refractivity contribution in [1.82, 2.24) is 9.62 Å². The number of aliphatic hydroxyl groups is 1. The third-order valence-corrected chi connectivity index (χ3v) is 9.26. The lowest BCUT2D eigenvalue weighted by Crippen LogP contribution is -2.46. The van der Waals surface area contributed by atoms with E-state index in [-0.39, 0.29) is 12.0 Å². The van der Waals surface area contributed by atoms with Gasteiger partial charge in [-0.05, 0) is 104 Å². The molecule has 40 heavy (non-hydrogen) atoms. The van der Waals surface area contributed by atoms with Crippen molar-refractivity contribution in [3.63, 3.8) is 0 Å². The topological polar surface area (TPSA) is 72.8 Å². The van der Waals surface area contributed by atoms with Gasteiger partial charge in [0, 0.05) is 25.0 Å². The smallest absolute Gasteiger partial charge is 0.303 e. The molecule has 214 valence electrons. The second-order valence-corrected chi connectivity index (χ2v) is 13.5. The molecule has 0 spiro atoms. The molecule has 8 heteroatoms. The Morgan fingerprint density at radius 3 is 2.33 bits per heavy atom. The zero-order valence-electron chi connectivity index (χ0n) is 23.3. The molecule has 0 saturated carbocycles. The van der Waals surface area contributed by atoms with Crippen molar-refractivity contribution < 1.29 is 15.0 Å². The number of likely N-dealkylation sites (N-methyl/N-ethyl adjacent to an activating group) is 1. The molecule has 4 rings (SSSR count). The molecule has 3 N–H and O–H groups in total. The van der Waals surface area contributed by atoms with Crippen molar-refractivity contribution in [2.24, 2.45) is 5.92 Å². The van der Waals surface area contributed by atoms with Gasteiger partial charge in [-0.3, -0.25) is 4.79 Å². The zero-order chi connectivity index (χ0) is 28.9. The summed E-state index contributed by atoms with van der Waals surface area (Å²) in [6, 6.07) is 20.2. The first-order chi connectivity index (χ1) is 19.0. The normalized spacial score (nSPS) is 14.5. The molecule has 0 bridgehead atoms. The van der Waals surface area contributed by atoms with E-state index in [1.807, 2.05) is 47.8 Å². The van der Waals surface area contributed by atoms with Crippen molar-refractivity contribution in [3.05, 3.63) is 87.4 Å². The number of carboxylic acid groups (broad SMARTS) is 1. The van der Waals surface area contributed by atoms with Crippen molar-refractivity contribution >= 4 is 41.1 Å². The van der Waals surface area contributed by atoms with Crippen LogP contribution in [0, 0.1) is 5.92 Å². The van der Waals surface area contributed by atoms with E-state index >= 15 is 0 Å². The third kappa shape index (κ3) is 8.72. The van der Waals surface area contributed by atoms with Crippen LogP contribution in [0.4, 0.5) is 0 Å². The summed E-state index contributed by atoms with van der Waals surface area (Å²) >= 11 is 14.7. The Morgan fingerprint density at radius 1 is 1.05 bits per heavy atom. The Bertz CT molecular complexity index is 1290. The van der Waals surface area contributed by atoms with E-state index in [0.717, 1.165) is 40.8 Å². The summed E-state index contributed by atoms with van der Waals surface area (Å²) in [6.07, 6.45) is 3.30. The first-order valence-electron chi connectivity index (χ1n) is 13.7. The number of benzene rings is 3. The minimum Gasteiger partial charge on any atom is -0.481 e. The second kappa shape index (κ2) is 13.7. The van der Waals surface area contributed by atoms with Gasteiger partial charge in [-0.2, -0.15) is 0 Å². The molecule has 0 saturated heterocycles. The first kappa shape index (κ1) is 30.9. The number of carboxylic acids is 1. The monoisotopic (exact) mass is 600 g/mol. The zero-order valence-corrected chi connectivity index (χ0v) is 25.6. The van der Waals surface area contributed by atoms with Gasteiger partial charge in [0.25, 0.3) is 0 Å². The maximum atomic E-state index is 10.9. The van der Waals surface area contributed by atoms with Crippen LogP contribution >= 0.6 is 35.1 Å². The van der Waals surface area contributed by atoms with Crippen LogP contribution in [0.25, 0.3) is 11.1 Å². The minimum absolute atomic E-state index is 0.0766. The van der Waals surface area contributed by atoms with Crippen LogP contribution in [0.2, 0.25) is 10.0 Å². The maximum Gasteiger partial charge on any atom is 0.303 e. The van der Waals surface area contributed by atoms with Crippen LogP contribution in [0.5, 0.6) is 0 Å². The molecule has 1 aliphatic rings. The van der Waals surface area contributed by atoms with Gasteiger partial charge in [-0.25, -0.2) is 4.31 Å². The molecule has 0 aromatic heterocycles. The lowest BCUT2D eigenvalue weighted by Gasteiger charge is -2.31. The number of carbonyl (C=O) groups is 1. The van der Waals surface area contributed by atoms with Gasteiger partial charge in [0.2, 0.25) is 0 Å². The van der Waals surface area contributed by atoms with E-state index in [2.05, 4.69) is 43.4 Å². The summed E-state index contributed by atoms with van der Waals surface area (Å²) in [7, 11) is 1.92. The molecule has 3 aromatic carbocycles. The largest absolute Gasteiger partial charge is 0.481 e. The van der Waals surface area contributed by atoms with E-state index < -0.39 is 12.1 Å². The van der Waals surface area contributed by atoms with Gasteiger partial charge in [0.05, 0.1) is 21.0 Å². The molecule has 0 radical (unpaired) electrons. The highest BCUT2D eigenvalue weighted by Crippen LogP contribution is 2.39. The van der Waals surface area contributed by atoms with E-state index in [9.17, 15) is 9.90 Å². The number of rotatable bonds is 13. The summed E-state index contributed by atoms with van der Waals surface area (Å²) in [4.78, 5) is 11.7. The second-order valence-electron chi connectivity index (χ2n) is 11.4. The van der Waals surface area contributed by atoms with Gasteiger partial charge >= 0.3 is 5.97 Å². The molecule has 0 fully saturated rings. The highest BCUT2D eigenvalue weighted by Gasteiger charge is 2.28. The van der Waals surface area contributed by atoms with Crippen molar-refractivity contribution in [2.75, 3.05) is 20.1 Å². The van der Waals surface area contributed by atoms with Crippen LogP contribution in [-0.4, -0.2) is 52.3 Å². The number of aryl methyl sites for hydroxylation is 1. The number of hydrogen-bond donors (Lipinski definition) is 3. The molecule has 0 amide bonds. The first-order valence-corrected chi connectivity index (χ1v) is 15.2. The molecule has 5 nitrogen and oxygen atoms in total. The third-order valence-electron chi connectivity index (χ3n) is 7.35. The number of β-amino-alcohol motifs (C(OH)–C–C–N with tert-alkyl or cyclic N) is 1. The van der Waals surface area contributed by atoms with Gasteiger partial charge < -0.3 is 15.5 Å². The van der Waals surface area contributed by atoms with Crippen LogP contribution in [-0.2, 0) is 24.1 Å². The summed E-state index contributed by atoms with van der Waals surface area (Å²) in [5, 5.41) is 24.4. The lowest BCUT2D eigenvalue weighted by molar-refractivity contribution is -0.136. The Morgan fingerprint density at radius 2 is 1.70 bits per heavy atom. The summed E-state index contributed by atoms with van der Waals surface area (Å²) in [5.41, 5.74) is 5.61. The van der Waals surface area contributed by atoms with Crippen LogP contribution in [0.15, 0.2) is 65.6 Å². The molecule has 1 atom stereocenters.